The Morgan fingerprint density at radius 1 is 1.00 bits per heavy atom. The number of piperidine rings is 1. The first-order valence-corrected chi connectivity index (χ1v) is 13.2. The lowest BCUT2D eigenvalue weighted by Crippen LogP contribution is -2.40. The first-order chi connectivity index (χ1) is 17.0. The van der Waals surface area contributed by atoms with Gasteiger partial charge >= 0.3 is 0 Å². The van der Waals surface area contributed by atoms with Crippen molar-refractivity contribution in [1.82, 2.24) is 18.8 Å². The van der Waals surface area contributed by atoms with E-state index in [0.29, 0.717) is 43.4 Å². The number of amides is 1. The Balaban J connectivity index is 1.44. The molecule has 11 heteroatoms. The lowest BCUT2D eigenvalue weighted by Gasteiger charge is -2.31. The van der Waals surface area contributed by atoms with Gasteiger partial charge in [-0.25, -0.2) is 18.4 Å². The number of rotatable bonds is 6. The zero-order chi connectivity index (χ0) is 24.3. The number of carbonyl (C=O) groups is 1. The zero-order valence-corrected chi connectivity index (χ0v) is 20.2. The Hall–Kier alpha value is -3.28. The van der Waals surface area contributed by atoms with Crippen LogP contribution in [0.15, 0.2) is 60.1 Å². The van der Waals surface area contributed by atoms with Crippen LogP contribution >= 0.6 is 0 Å². The Labute approximate surface area is 204 Å². The Bertz CT molecular complexity index is 1270. The zero-order valence-electron chi connectivity index (χ0n) is 19.3. The van der Waals surface area contributed by atoms with Crippen molar-refractivity contribution in [3.63, 3.8) is 0 Å². The van der Waals surface area contributed by atoms with Crippen LogP contribution in [0.2, 0.25) is 0 Å². The predicted octanol–water partition coefficient (Wildman–Crippen LogP) is 2.53. The molecule has 2 aliphatic rings. The van der Waals surface area contributed by atoms with Crippen LogP contribution in [0, 0.1) is 0 Å². The number of aromatic nitrogens is 3. The van der Waals surface area contributed by atoms with E-state index >= 15 is 0 Å². The van der Waals surface area contributed by atoms with Gasteiger partial charge in [0.05, 0.1) is 35.6 Å². The van der Waals surface area contributed by atoms with Crippen LogP contribution < -0.4 is 10.2 Å². The molecule has 0 aliphatic carbocycles. The Morgan fingerprint density at radius 3 is 2.49 bits per heavy atom. The summed E-state index contributed by atoms with van der Waals surface area (Å²) < 4.78 is 35.0. The van der Waals surface area contributed by atoms with Gasteiger partial charge in [0.2, 0.25) is 10.0 Å². The van der Waals surface area contributed by atoms with E-state index in [2.05, 4.69) is 20.2 Å². The van der Waals surface area contributed by atoms with Crippen LogP contribution in [0.25, 0.3) is 5.82 Å². The number of hydrogen-bond acceptors (Lipinski definition) is 7. The molecule has 184 valence electrons. The van der Waals surface area contributed by atoms with Crippen molar-refractivity contribution in [2.75, 3.05) is 49.6 Å². The number of anilines is 2. The topological polar surface area (TPSA) is 110 Å². The van der Waals surface area contributed by atoms with Crippen molar-refractivity contribution in [1.29, 1.82) is 0 Å². The summed E-state index contributed by atoms with van der Waals surface area (Å²) in [5.74, 6) is 0.301. The van der Waals surface area contributed by atoms with Gasteiger partial charge < -0.3 is 15.0 Å². The van der Waals surface area contributed by atoms with E-state index in [9.17, 15) is 13.2 Å². The summed E-state index contributed by atoms with van der Waals surface area (Å²) in [4.78, 5) is 24.1. The summed E-state index contributed by atoms with van der Waals surface area (Å²) in [6.45, 7) is 2.98. The van der Waals surface area contributed by atoms with Crippen molar-refractivity contribution < 1.29 is 17.9 Å². The molecule has 35 heavy (non-hydrogen) atoms. The molecule has 10 nitrogen and oxygen atoms in total. The van der Waals surface area contributed by atoms with Gasteiger partial charge in [-0.05, 0) is 49.6 Å². The number of benzene rings is 1. The summed E-state index contributed by atoms with van der Waals surface area (Å²) in [6.07, 6.45) is 9.89. The lowest BCUT2D eigenvalue weighted by molar-refractivity contribution is 0.0730. The van der Waals surface area contributed by atoms with Crippen LogP contribution in [0.4, 0.5) is 11.4 Å². The fourth-order valence-corrected chi connectivity index (χ4v) is 5.84. The highest BCUT2D eigenvalue weighted by atomic mass is 32.2. The Morgan fingerprint density at radius 2 is 1.80 bits per heavy atom. The standard InChI is InChI=1S/C24H28N6O4S/c31-24(27-19-4-7-23(26-17-19)29-11-8-25-18-29)21-16-20(35(32,33)30-12-14-34-15-13-30)5-6-22(21)28-9-2-1-3-10-28/h4-8,11,16-18H,1-3,9-10,12-15H2,(H,27,31). The predicted molar refractivity (Wildman–Crippen MR) is 131 cm³/mol. The molecule has 0 radical (unpaired) electrons. The van der Waals surface area contributed by atoms with Crippen molar-refractivity contribution in [2.24, 2.45) is 0 Å². The van der Waals surface area contributed by atoms with Crippen LogP contribution in [-0.4, -0.2) is 72.6 Å². The van der Waals surface area contributed by atoms with Gasteiger partial charge in [0, 0.05) is 44.3 Å². The third-order valence-corrected chi connectivity index (χ3v) is 8.19. The summed E-state index contributed by atoms with van der Waals surface area (Å²) in [5, 5.41) is 2.89. The second-order valence-electron chi connectivity index (χ2n) is 8.57. The first-order valence-electron chi connectivity index (χ1n) is 11.7. The highest BCUT2D eigenvalue weighted by molar-refractivity contribution is 7.89. The van der Waals surface area contributed by atoms with E-state index in [1.807, 2.05) is 0 Å². The smallest absolute Gasteiger partial charge is 0.257 e. The largest absolute Gasteiger partial charge is 0.379 e. The van der Waals surface area contributed by atoms with E-state index in [1.165, 1.54) is 10.4 Å². The number of imidazole rings is 1. The van der Waals surface area contributed by atoms with Gasteiger partial charge in [0.15, 0.2) is 0 Å². The molecule has 4 heterocycles. The van der Waals surface area contributed by atoms with E-state index < -0.39 is 10.0 Å². The third-order valence-electron chi connectivity index (χ3n) is 6.29. The lowest BCUT2D eigenvalue weighted by atomic mass is 10.1. The number of ether oxygens (including phenoxy) is 1. The fraction of sp³-hybridized carbons (Fsp3) is 0.375. The molecule has 2 fully saturated rings. The highest BCUT2D eigenvalue weighted by Gasteiger charge is 2.29. The highest BCUT2D eigenvalue weighted by Crippen LogP contribution is 2.29. The minimum absolute atomic E-state index is 0.110. The maximum absolute atomic E-state index is 13.4. The molecule has 1 aromatic carbocycles. The molecule has 0 spiro atoms. The number of hydrogen-bond donors (Lipinski definition) is 1. The third kappa shape index (κ3) is 5.07. The van der Waals surface area contributed by atoms with Crippen LogP contribution in [-0.2, 0) is 14.8 Å². The average molecular weight is 497 g/mol. The molecule has 5 rings (SSSR count). The summed E-state index contributed by atoms with van der Waals surface area (Å²) in [6, 6.07) is 8.40. The van der Waals surface area contributed by atoms with Gasteiger partial charge in [-0.3, -0.25) is 9.36 Å². The number of morpholine rings is 1. The number of nitrogens with zero attached hydrogens (tertiary/aromatic N) is 5. The molecule has 3 aromatic rings. The number of carbonyl (C=O) groups excluding carboxylic acids is 1. The van der Waals surface area contributed by atoms with Crippen LogP contribution in [0.5, 0.6) is 0 Å². The molecule has 1 amide bonds. The monoisotopic (exact) mass is 496 g/mol. The van der Waals surface area contributed by atoms with Gasteiger partial charge in [0.1, 0.15) is 12.1 Å². The van der Waals surface area contributed by atoms with E-state index in [0.717, 1.165) is 38.0 Å². The second-order valence-corrected chi connectivity index (χ2v) is 10.5. The summed E-state index contributed by atoms with van der Waals surface area (Å²) >= 11 is 0. The molecule has 0 unspecified atom stereocenters. The number of nitrogens with one attached hydrogen (secondary N) is 1. The minimum Gasteiger partial charge on any atom is -0.379 e. The van der Waals surface area contributed by atoms with Crippen molar-refractivity contribution in [3.05, 3.63) is 60.8 Å². The minimum atomic E-state index is -3.74. The van der Waals surface area contributed by atoms with Gasteiger partial charge in [0.25, 0.3) is 5.91 Å². The molecule has 2 saturated heterocycles. The quantitative estimate of drug-likeness (QED) is 0.558. The molecular weight excluding hydrogens is 468 g/mol. The molecule has 1 N–H and O–H groups in total. The second kappa shape index (κ2) is 10.1. The van der Waals surface area contributed by atoms with Crippen molar-refractivity contribution in [3.8, 4) is 5.82 Å². The van der Waals surface area contributed by atoms with E-state index in [-0.39, 0.29) is 10.8 Å². The molecule has 2 aliphatic heterocycles. The van der Waals surface area contributed by atoms with Crippen LogP contribution in [0.1, 0.15) is 29.6 Å². The van der Waals surface area contributed by atoms with E-state index in [4.69, 9.17) is 4.74 Å². The fourth-order valence-electron chi connectivity index (χ4n) is 4.41. The van der Waals surface area contributed by atoms with Crippen molar-refractivity contribution >= 4 is 27.3 Å². The summed E-state index contributed by atoms with van der Waals surface area (Å²) in [7, 11) is -3.74. The SMILES string of the molecule is O=C(Nc1ccc(-n2ccnc2)nc1)c1cc(S(=O)(=O)N2CCOCC2)ccc1N1CCCCC1. The maximum atomic E-state index is 13.4. The van der Waals surface area contributed by atoms with Gasteiger partial charge in [-0.1, -0.05) is 0 Å². The first kappa shape index (κ1) is 23.5. The van der Waals surface area contributed by atoms with Gasteiger partial charge in [-0.2, -0.15) is 4.31 Å². The Kier molecular flexibility index (Phi) is 6.80. The number of sulfonamides is 1. The average Bonchev–Trinajstić information content (AvgIpc) is 3.45. The van der Waals surface area contributed by atoms with Crippen LogP contribution in [0.3, 0.4) is 0 Å². The molecule has 0 bridgehead atoms. The van der Waals surface area contributed by atoms with Crippen molar-refractivity contribution in [2.45, 2.75) is 24.2 Å². The van der Waals surface area contributed by atoms with E-state index in [1.54, 1.807) is 53.8 Å². The molecule has 0 saturated carbocycles. The normalized spacial score (nSPS) is 17.3. The van der Waals surface area contributed by atoms with Gasteiger partial charge in [-0.15, -0.1) is 0 Å². The molecular formula is C24H28N6O4S. The maximum Gasteiger partial charge on any atom is 0.257 e. The molecule has 0 atom stereocenters. The number of pyridine rings is 1. The summed E-state index contributed by atoms with van der Waals surface area (Å²) in [5.41, 5.74) is 1.59. The molecule has 2 aromatic heterocycles.